The van der Waals surface area contributed by atoms with Crippen LogP contribution in [-0.2, 0) is 10.8 Å². The van der Waals surface area contributed by atoms with Crippen LogP contribution >= 0.6 is 0 Å². The predicted molar refractivity (Wildman–Crippen MR) is 239 cm³/mol. The van der Waals surface area contributed by atoms with Crippen molar-refractivity contribution in [2.75, 3.05) is 4.90 Å². The number of rotatable bonds is 5. The minimum atomic E-state index is -0.424. The summed E-state index contributed by atoms with van der Waals surface area (Å²) in [4.78, 5) is 2.67. The first-order valence-corrected chi connectivity index (χ1v) is 21.2. The molecule has 0 N–H and O–H groups in total. The van der Waals surface area contributed by atoms with Gasteiger partial charge in [-0.2, -0.15) is 0 Å². The largest absolute Gasteiger partial charge is 0.310 e. The van der Waals surface area contributed by atoms with Crippen molar-refractivity contribution in [1.82, 2.24) is 0 Å². The molecule has 0 amide bonds. The van der Waals surface area contributed by atoms with E-state index < -0.39 is 5.41 Å². The van der Waals surface area contributed by atoms with Crippen LogP contribution in [0.3, 0.4) is 0 Å². The molecule has 1 fully saturated rings. The maximum absolute atomic E-state index is 2.67. The normalized spacial score (nSPS) is 20.0. The summed E-state index contributed by atoms with van der Waals surface area (Å²) in [6.45, 7) is 0. The number of hydrogen-bond acceptors (Lipinski definition) is 1. The first kappa shape index (κ1) is 33.0. The average molecular weight is 732 g/mol. The van der Waals surface area contributed by atoms with E-state index in [2.05, 4.69) is 181 Å². The lowest BCUT2D eigenvalue weighted by atomic mass is 9.66. The predicted octanol–water partition coefficient (Wildman–Crippen LogP) is 14.7. The highest BCUT2D eigenvalue weighted by Gasteiger charge is 2.50. The van der Waals surface area contributed by atoms with Gasteiger partial charge in [-0.1, -0.05) is 165 Å². The number of fused-ring (bicyclic) bond motifs is 10. The fourth-order valence-corrected chi connectivity index (χ4v) is 11.9. The van der Waals surface area contributed by atoms with Gasteiger partial charge in [0.15, 0.2) is 0 Å². The molecule has 0 saturated heterocycles. The van der Waals surface area contributed by atoms with E-state index in [4.69, 9.17) is 0 Å². The van der Waals surface area contributed by atoms with Crippen LogP contribution in [0.2, 0.25) is 0 Å². The van der Waals surface area contributed by atoms with Crippen LogP contribution in [-0.4, -0.2) is 0 Å². The van der Waals surface area contributed by atoms with E-state index in [1.807, 2.05) is 0 Å². The monoisotopic (exact) mass is 731 g/mol. The van der Waals surface area contributed by atoms with Crippen molar-refractivity contribution in [2.24, 2.45) is 0 Å². The van der Waals surface area contributed by atoms with E-state index >= 15 is 0 Å². The molecule has 1 nitrogen and oxygen atoms in total. The van der Waals surface area contributed by atoms with Gasteiger partial charge in [0.2, 0.25) is 0 Å². The van der Waals surface area contributed by atoms with E-state index in [-0.39, 0.29) is 5.41 Å². The Labute approximate surface area is 336 Å². The van der Waals surface area contributed by atoms with Crippen LogP contribution in [0.15, 0.2) is 193 Å². The Morgan fingerprint density at radius 1 is 0.491 bits per heavy atom. The number of allylic oxidation sites excluding steroid dienone is 7. The van der Waals surface area contributed by atoms with Gasteiger partial charge in [-0.3, -0.25) is 0 Å². The Morgan fingerprint density at radius 3 is 2.02 bits per heavy atom. The standard InChI is InChI=1S/C56H45N/c1-3-17-40(18-4-1)56(41-19-5-2-6-20-41)51-26-12-10-22-45(51)47-33-32-43(37-52(47)56)57(42-31-30-39-29-28-38-16-7-8-21-44(38)49(39)36-42)53-27-15-24-48-46-23-9-11-25-50(46)55(54(48)53)34-13-14-35-55/h1,3-5,7-12,16-23,25-33,36-37H,2,6,13-15,24,34-35H2. The third-order valence-corrected chi connectivity index (χ3v) is 14.1. The Balaban J connectivity index is 1.15. The van der Waals surface area contributed by atoms with E-state index in [9.17, 15) is 0 Å². The van der Waals surface area contributed by atoms with Gasteiger partial charge in [0.05, 0.1) is 5.41 Å². The van der Waals surface area contributed by atoms with Crippen LogP contribution in [0.5, 0.6) is 0 Å². The summed E-state index contributed by atoms with van der Waals surface area (Å²) in [6.07, 6.45) is 19.2. The summed E-state index contributed by atoms with van der Waals surface area (Å²) in [5.41, 5.74) is 17.8. The molecule has 1 atom stereocenters. The number of benzene rings is 7. The SMILES string of the molecule is C1=CC(C2(c3ccccc3)c3ccccc3-c3ccc(N(C4=CCCC5=C4C4(CCCC4)c4ccccc45)c4ccc5ccc6ccccc6c5c4)cc32)=CCC1. The summed E-state index contributed by atoms with van der Waals surface area (Å²) in [5.74, 6) is 0. The quantitative estimate of drug-likeness (QED) is 0.159. The Kier molecular flexibility index (Phi) is 7.33. The van der Waals surface area contributed by atoms with Crippen LogP contribution in [0, 0.1) is 0 Å². The van der Waals surface area contributed by atoms with Crippen molar-refractivity contribution in [1.29, 1.82) is 0 Å². The third-order valence-electron chi connectivity index (χ3n) is 14.1. The zero-order chi connectivity index (χ0) is 37.6. The average Bonchev–Trinajstić information content (AvgIpc) is 3.97. The minimum Gasteiger partial charge on any atom is -0.310 e. The molecule has 12 rings (SSSR count). The Hall–Kier alpha value is -6.18. The van der Waals surface area contributed by atoms with Gasteiger partial charge < -0.3 is 4.90 Å². The van der Waals surface area contributed by atoms with Gasteiger partial charge in [0.25, 0.3) is 0 Å². The highest BCUT2D eigenvalue weighted by molar-refractivity contribution is 6.09. The van der Waals surface area contributed by atoms with Crippen molar-refractivity contribution in [3.8, 4) is 11.1 Å². The smallest absolute Gasteiger partial charge is 0.0711 e. The molecular formula is C56H45N. The van der Waals surface area contributed by atoms with Crippen LogP contribution in [0.1, 0.15) is 79.2 Å². The molecule has 274 valence electrons. The number of anilines is 2. The molecule has 0 aliphatic heterocycles. The molecule has 1 unspecified atom stereocenters. The second-order valence-corrected chi connectivity index (χ2v) is 16.9. The van der Waals surface area contributed by atoms with Crippen LogP contribution in [0.4, 0.5) is 11.4 Å². The van der Waals surface area contributed by atoms with E-state index in [0.29, 0.717) is 0 Å². The summed E-state index contributed by atoms with van der Waals surface area (Å²) < 4.78 is 0. The minimum absolute atomic E-state index is 0.0540. The number of nitrogens with zero attached hydrogens (tertiary/aromatic N) is 1. The van der Waals surface area contributed by atoms with Gasteiger partial charge in [0.1, 0.15) is 0 Å². The van der Waals surface area contributed by atoms with Gasteiger partial charge >= 0.3 is 0 Å². The molecule has 7 aromatic rings. The molecule has 0 bridgehead atoms. The van der Waals surface area contributed by atoms with Crippen molar-refractivity contribution >= 4 is 38.5 Å². The van der Waals surface area contributed by atoms with E-state index in [0.717, 1.165) is 25.7 Å². The molecule has 57 heavy (non-hydrogen) atoms. The topological polar surface area (TPSA) is 3.24 Å². The zero-order valence-electron chi connectivity index (χ0n) is 32.3. The van der Waals surface area contributed by atoms with Gasteiger partial charge in [-0.25, -0.2) is 0 Å². The molecule has 5 aliphatic rings. The lowest BCUT2D eigenvalue weighted by Gasteiger charge is -2.39. The van der Waals surface area contributed by atoms with Gasteiger partial charge in [0, 0.05) is 22.5 Å². The maximum atomic E-state index is 2.67. The molecule has 5 aliphatic carbocycles. The van der Waals surface area contributed by atoms with E-state index in [1.165, 1.54) is 103 Å². The highest BCUT2D eigenvalue weighted by atomic mass is 15.2. The lowest BCUT2D eigenvalue weighted by molar-refractivity contribution is 0.535. The molecule has 7 aromatic carbocycles. The number of hydrogen-bond donors (Lipinski definition) is 0. The van der Waals surface area contributed by atoms with Crippen LogP contribution < -0.4 is 4.90 Å². The maximum Gasteiger partial charge on any atom is 0.0711 e. The van der Waals surface area contributed by atoms with Crippen molar-refractivity contribution < 1.29 is 0 Å². The molecule has 1 saturated carbocycles. The van der Waals surface area contributed by atoms with Crippen molar-refractivity contribution in [2.45, 2.75) is 62.2 Å². The molecule has 1 spiro atoms. The Morgan fingerprint density at radius 2 is 1.18 bits per heavy atom. The summed E-state index contributed by atoms with van der Waals surface area (Å²) in [7, 11) is 0. The summed E-state index contributed by atoms with van der Waals surface area (Å²) in [5, 5.41) is 5.16. The molecule has 0 radical (unpaired) electrons. The fraction of sp³-hybridized carbons (Fsp3) is 0.179. The third kappa shape index (κ3) is 4.63. The first-order chi connectivity index (χ1) is 28.3. The first-order valence-electron chi connectivity index (χ1n) is 21.2. The van der Waals surface area contributed by atoms with Gasteiger partial charge in [-0.05, 0) is 140 Å². The zero-order valence-corrected chi connectivity index (χ0v) is 32.3. The Bertz CT molecular complexity index is 2910. The van der Waals surface area contributed by atoms with Crippen molar-refractivity contribution in [3.63, 3.8) is 0 Å². The highest BCUT2D eigenvalue weighted by Crippen LogP contribution is 2.62. The molecule has 0 heterocycles. The molecular weight excluding hydrogens is 687 g/mol. The fourth-order valence-electron chi connectivity index (χ4n) is 11.9. The second kappa shape index (κ2) is 12.7. The van der Waals surface area contributed by atoms with Gasteiger partial charge in [-0.15, -0.1) is 0 Å². The van der Waals surface area contributed by atoms with Crippen LogP contribution in [0.25, 0.3) is 38.2 Å². The van der Waals surface area contributed by atoms with Crippen molar-refractivity contribution in [3.05, 3.63) is 221 Å². The second-order valence-electron chi connectivity index (χ2n) is 16.9. The summed E-state index contributed by atoms with van der Waals surface area (Å²) >= 11 is 0. The lowest BCUT2D eigenvalue weighted by Crippen LogP contribution is -2.31. The summed E-state index contributed by atoms with van der Waals surface area (Å²) in [6, 6.07) is 58.0. The van der Waals surface area contributed by atoms with E-state index in [1.54, 1.807) is 16.7 Å². The molecule has 1 heteroatoms. The molecule has 0 aromatic heterocycles.